The van der Waals surface area contributed by atoms with E-state index < -0.39 is 11.9 Å². The molecule has 2 atom stereocenters. The average Bonchev–Trinajstić information content (AvgIpc) is 3.02. The molecule has 88 valence electrons. The Labute approximate surface area is 98.1 Å². The second-order valence-corrected chi connectivity index (χ2v) is 4.53. The number of amides is 1. The summed E-state index contributed by atoms with van der Waals surface area (Å²) in [5.74, 6) is -1.75. The number of hydrogen-bond acceptors (Lipinski definition) is 3. The van der Waals surface area contributed by atoms with E-state index in [0.717, 1.165) is 17.7 Å². The van der Waals surface area contributed by atoms with Gasteiger partial charge >= 0.3 is 5.97 Å². The van der Waals surface area contributed by atoms with Crippen LogP contribution in [0, 0.1) is 11.8 Å². The number of carboxylic acids is 1. The minimum atomic E-state index is -0.867. The molecule has 0 aromatic carbocycles. The molecule has 5 nitrogen and oxygen atoms in total. The van der Waals surface area contributed by atoms with E-state index >= 15 is 0 Å². The molecule has 1 N–H and O–H groups in total. The molecule has 17 heavy (non-hydrogen) atoms. The number of pyridine rings is 1. The van der Waals surface area contributed by atoms with Crippen molar-refractivity contribution < 1.29 is 14.7 Å². The van der Waals surface area contributed by atoms with Crippen LogP contribution in [-0.2, 0) is 16.0 Å². The third-order valence-corrected chi connectivity index (χ3v) is 3.47. The Balaban J connectivity index is 1.79. The van der Waals surface area contributed by atoms with Gasteiger partial charge in [-0.2, -0.15) is 0 Å². The van der Waals surface area contributed by atoms with Gasteiger partial charge in [-0.05, 0) is 24.5 Å². The van der Waals surface area contributed by atoms with Gasteiger partial charge in [-0.1, -0.05) is 0 Å². The maximum atomic E-state index is 12.1. The number of fused-ring (bicyclic) bond motifs is 1. The molecule has 0 unspecified atom stereocenters. The van der Waals surface area contributed by atoms with Gasteiger partial charge in [0.15, 0.2) is 0 Å². The first-order chi connectivity index (χ1) is 8.18. The summed E-state index contributed by atoms with van der Waals surface area (Å²) in [7, 11) is 0. The predicted molar refractivity (Wildman–Crippen MR) is 59.5 cm³/mol. The molecular formula is C12H12N2O3. The van der Waals surface area contributed by atoms with Crippen LogP contribution >= 0.6 is 0 Å². The van der Waals surface area contributed by atoms with Crippen molar-refractivity contribution in [3.05, 3.63) is 24.0 Å². The molecule has 0 bridgehead atoms. The molecule has 5 heteroatoms. The maximum absolute atomic E-state index is 12.1. The average molecular weight is 232 g/mol. The topological polar surface area (TPSA) is 70.5 Å². The van der Waals surface area contributed by atoms with E-state index in [4.69, 9.17) is 5.11 Å². The highest BCUT2D eigenvalue weighted by atomic mass is 16.4. The fourth-order valence-electron chi connectivity index (χ4n) is 2.39. The van der Waals surface area contributed by atoms with Crippen LogP contribution in [0.5, 0.6) is 0 Å². The summed E-state index contributed by atoms with van der Waals surface area (Å²) in [5.41, 5.74) is 1.95. The van der Waals surface area contributed by atoms with Gasteiger partial charge in [0.1, 0.15) is 0 Å². The highest BCUT2D eigenvalue weighted by Gasteiger charge is 2.50. The van der Waals surface area contributed by atoms with E-state index in [1.54, 1.807) is 17.3 Å². The minimum Gasteiger partial charge on any atom is -0.481 e. The van der Waals surface area contributed by atoms with Crippen molar-refractivity contribution in [3.8, 4) is 0 Å². The van der Waals surface area contributed by atoms with Crippen molar-refractivity contribution in [3.63, 3.8) is 0 Å². The lowest BCUT2D eigenvalue weighted by molar-refractivity contribution is -0.140. The van der Waals surface area contributed by atoms with Crippen molar-refractivity contribution >= 4 is 17.6 Å². The maximum Gasteiger partial charge on any atom is 0.307 e. The third kappa shape index (κ3) is 1.58. The van der Waals surface area contributed by atoms with Crippen LogP contribution in [-0.4, -0.2) is 28.5 Å². The molecule has 3 rings (SSSR count). The molecule has 2 heterocycles. The van der Waals surface area contributed by atoms with Crippen molar-refractivity contribution in [2.45, 2.75) is 12.8 Å². The normalized spacial score (nSPS) is 25.5. The first-order valence-corrected chi connectivity index (χ1v) is 5.65. The summed E-state index contributed by atoms with van der Waals surface area (Å²) in [4.78, 5) is 28.6. The molecule has 1 aliphatic carbocycles. The summed E-state index contributed by atoms with van der Waals surface area (Å²) in [6, 6.07) is 1.91. The molecule has 1 aromatic heterocycles. The summed E-state index contributed by atoms with van der Waals surface area (Å²) in [5, 5.41) is 8.83. The van der Waals surface area contributed by atoms with Gasteiger partial charge in [0.05, 0.1) is 23.7 Å². The number of nitrogens with zero attached hydrogens (tertiary/aromatic N) is 2. The molecule has 1 aliphatic heterocycles. The molecule has 1 amide bonds. The predicted octanol–water partition coefficient (Wildman–Crippen LogP) is 0.691. The highest BCUT2D eigenvalue weighted by Crippen LogP contribution is 2.42. The van der Waals surface area contributed by atoms with Gasteiger partial charge < -0.3 is 10.0 Å². The standard InChI is InChI=1S/C12H12N2O3/c15-11(8-5-9(8)12(16)17)14-4-2-7-1-3-13-6-10(7)14/h1,3,6,8-9H,2,4-5H2,(H,16,17)/t8-,9-/m1/s1. The highest BCUT2D eigenvalue weighted by molar-refractivity contribution is 6.01. The third-order valence-electron chi connectivity index (χ3n) is 3.47. The number of carboxylic acid groups (broad SMARTS) is 1. The van der Waals surface area contributed by atoms with Gasteiger partial charge in [0.25, 0.3) is 0 Å². The van der Waals surface area contributed by atoms with Crippen LogP contribution in [0.15, 0.2) is 18.5 Å². The molecule has 1 fully saturated rings. The summed E-state index contributed by atoms with van der Waals surface area (Å²) < 4.78 is 0. The van der Waals surface area contributed by atoms with E-state index in [1.165, 1.54) is 0 Å². The Morgan fingerprint density at radius 1 is 1.41 bits per heavy atom. The van der Waals surface area contributed by atoms with E-state index in [1.807, 2.05) is 6.07 Å². The number of hydrogen-bond donors (Lipinski definition) is 1. The van der Waals surface area contributed by atoms with E-state index in [2.05, 4.69) is 4.98 Å². The fourth-order valence-corrected chi connectivity index (χ4v) is 2.39. The van der Waals surface area contributed by atoms with Crippen molar-refractivity contribution in [1.29, 1.82) is 0 Å². The lowest BCUT2D eigenvalue weighted by Gasteiger charge is -2.16. The van der Waals surface area contributed by atoms with Crippen LogP contribution in [0.4, 0.5) is 5.69 Å². The van der Waals surface area contributed by atoms with Crippen LogP contribution in [0.25, 0.3) is 0 Å². The van der Waals surface area contributed by atoms with Gasteiger partial charge in [-0.3, -0.25) is 14.6 Å². The fraction of sp³-hybridized carbons (Fsp3) is 0.417. The molecule has 1 aromatic rings. The Hall–Kier alpha value is -1.91. The van der Waals surface area contributed by atoms with Gasteiger partial charge in [0, 0.05) is 12.7 Å². The number of carbonyl (C=O) groups is 2. The zero-order valence-corrected chi connectivity index (χ0v) is 9.17. The number of aliphatic carboxylic acids is 1. The smallest absolute Gasteiger partial charge is 0.307 e. The van der Waals surface area contributed by atoms with E-state index in [-0.39, 0.29) is 11.8 Å². The monoisotopic (exact) mass is 232 g/mol. The largest absolute Gasteiger partial charge is 0.481 e. The number of aromatic nitrogens is 1. The Kier molecular flexibility index (Phi) is 2.14. The van der Waals surface area contributed by atoms with Crippen molar-refractivity contribution in [2.24, 2.45) is 11.8 Å². The molecule has 2 aliphatic rings. The Bertz CT molecular complexity index is 500. The molecular weight excluding hydrogens is 220 g/mol. The molecule has 0 spiro atoms. The quantitative estimate of drug-likeness (QED) is 0.814. The minimum absolute atomic E-state index is 0.0656. The van der Waals surface area contributed by atoms with Crippen LogP contribution < -0.4 is 4.90 Å². The Morgan fingerprint density at radius 3 is 2.94 bits per heavy atom. The first-order valence-electron chi connectivity index (χ1n) is 5.65. The van der Waals surface area contributed by atoms with Crippen molar-refractivity contribution in [1.82, 2.24) is 4.98 Å². The molecule has 1 saturated carbocycles. The van der Waals surface area contributed by atoms with Gasteiger partial charge in [-0.15, -0.1) is 0 Å². The summed E-state index contributed by atoms with van der Waals surface area (Å²) in [6.07, 6.45) is 4.69. The van der Waals surface area contributed by atoms with Gasteiger partial charge in [-0.25, -0.2) is 0 Å². The molecule has 0 saturated heterocycles. The number of anilines is 1. The first kappa shape index (κ1) is 10.3. The summed E-state index contributed by atoms with van der Waals surface area (Å²) >= 11 is 0. The van der Waals surface area contributed by atoms with Crippen LogP contribution in [0.2, 0.25) is 0 Å². The Morgan fingerprint density at radius 2 is 2.24 bits per heavy atom. The van der Waals surface area contributed by atoms with E-state index in [9.17, 15) is 9.59 Å². The second kappa shape index (κ2) is 3.55. The SMILES string of the molecule is O=C(O)[C@@H]1C[C@H]1C(=O)N1CCc2ccncc21. The van der Waals surface area contributed by atoms with Crippen LogP contribution in [0.3, 0.4) is 0 Å². The zero-order valence-electron chi connectivity index (χ0n) is 9.17. The lowest BCUT2D eigenvalue weighted by atomic mass is 10.2. The van der Waals surface area contributed by atoms with Crippen molar-refractivity contribution in [2.75, 3.05) is 11.4 Å². The van der Waals surface area contributed by atoms with E-state index in [0.29, 0.717) is 13.0 Å². The number of rotatable bonds is 2. The second-order valence-electron chi connectivity index (χ2n) is 4.53. The van der Waals surface area contributed by atoms with Crippen LogP contribution in [0.1, 0.15) is 12.0 Å². The number of carbonyl (C=O) groups excluding carboxylic acids is 1. The summed E-state index contributed by atoms with van der Waals surface area (Å²) in [6.45, 7) is 0.642. The zero-order chi connectivity index (χ0) is 12.0. The van der Waals surface area contributed by atoms with Gasteiger partial charge in [0.2, 0.25) is 5.91 Å². The molecule has 0 radical (unpaired) electrons. The lowest BCUT2D eigenvalue weighted by Crippen LogP contribution is -2.31.